The van der Waals surface area contributed by atoms with E-state index in [1.54, 1.807) is 0 Å². The standard InChI is InChI=1S/C52H33N3O2/c1-32-25-26-53-31-45(32)33-21-23-35(24-22-33)52-54-46(34-11-3-2-4-12-34)30-47(55-52)38-28-36(39-15-9-17-43-41-13-5-7-19-48(41)56-50(39)43)27-37(29-38)40-16-10-18-44-42-14-6-8-20-49(42)57-51(40)44/h2-31H,1H3. The van der Waals surface area contributed by atoms with Gasteiger partial charge in [-0.2, -0.15) is 0 Å². The van der Waals surface area contributed by atoms with Crippen LogP contribution in [0.25, 0.3) is 111 Å². The maximum absolute atomic E-state index is 6.59. The van der Waals surface area contributed by atoms with Gasteiger partial charge in [0.05, 0.1) is 11.4 Å². The van der Waals surface area contributed by atoms with Gasteiger partial charge in [0.25, 0.3) is 0 Å². The molecule has 0 saturated heterocycles. The third-order valence-electron chi connectivity index (χ3n) is 10.9. The van der Waals surface area contributed by atoms with Crippen molar-refractivity contribution in [3.05, 3.63) is 188 Å². The Bertz CT molecular complexity index is 3170. The van der Waals surface area contributed by atoms with Crippen LogP contribution in [0.3, 0.4) is 0 Å². The number of fused-ring (bicyclic) bond motifs is 6. The highest BCUT2D eigenvalue weighted by molar-refractivity contribution is 6.11. The molecule has 0 aliphatic rings. The van der Waals surface area contributed by atoms with Crippen LogP contribution in [0.2, 0.25) is 0 Å². The monoisotopic (exact) mass is 731 g/mol. The van der Waals surface area contributed by atoms with Gasteiger partial charge in [-0.1, -0.05) is 127 Å². The van der Waals surface area contributed by atoms with Crippen LogP contribution in [0.1, 0.15) is 5.56 Å². The van der Waals surface area contributed by atoms with Crippen molar-refractivity contribution >= 4 is 43.9 Å². The Morgan fingerprint density at radius 2 is 0.912 bits per heavy atom. The molecule has 11 rings (SSSR count). The van der Waals surface area contributed by atoms with Crippen LogP contribution in [0.4, 0.5) is 0 Å². The van der Waals surface area contributed by atoms with Crippen molar-refractivity contribution < 1.29 is 8.83 Å². The largest absolute Gasteiger partial charge is 0.455 e. The SMILES string of the molecule is Cc1ccncc1-c1ccc(-c2nc(-c3ccccc3)cc(-c3cc(-c4cccc5c4oc4ccccc45)cc(-c4cccc5c4oc4ccccc45)c3)n2)cc1. The second-order valence-corrected chi connectivity index (χ2v) is 14.5. The lowest BCUT2D eigenvalue weighted by atomic mass is 9.93. The van der Waals surface area contributed by atoms with Crippen LogP contribution in [0.15, 0.2) is 191 Å². The first-order valence-corrected chi connectivity index (χ1v) is 19.1. The topological polar surface area (TPSA) is 65.0 Å². The summed E-state index contributed by atoms with van der Waals surface area (Å²) in [6.45, 7) is 2.11. The highest BCUT2D eigenvalue weighted by Crippen LogP contribution is 2.42. The fourth-order valence-electron chi connectivity index (χ4n) is 8.08. The number of pyridine rings is 1. The Kier molecular flexibility index (Phi) is 7.64. The number of benzene rings is 7. The van der Waals surface area contributed by atoms with E-state index in [1.807, 2.05) is 60.9 Å². The summed E-state index contributed by atoms with van der Waals surface area (Å²) in [7, 11) is 0. The molecule has 4 heterocycles. The molecule has 0 fully saturated rings. The Labute approximate surface area is 328 Å². The quantitative estimate of drug-likeness (QED) is 0.170. The van der Waals surface area contributed by atoms with Crippen LogP contribution >= 0.6 is 0 Å². The van der Waals surface area contributed by atoms with Crippen molar-refractivity contribution in [1.82, 2.24) is 15.0 Å². The molecule has 11 aromatic rings. The third-order valence-corrected chi connectivity index (χ3v) is 10.9. The summed E-state index contributed by atoms with van der Waals surface area (Å²) in [6, 6.07) is 58.8. The van der Waals surface area contributed by atoms with Crippen molar-refractivity contribution in [3.63, 3.8) is 0 Å². The van der Waals surface area contributed by atoms with Crippen LogP contribution in [-0.4, -0.2) is 15.0 Å². The molecule has 0 atom stereocenters. The lowest BCUT2D eigenvalue weighted by Crippen LogP contribution is -1.97. The van der Waals surface area contributed by atoms with Crippen LogP contribution in [0.5, 0.6) is 0 Å². The van der Waals surface area contributed by atoms with Gasteiger partial charge in [0, 0.05) is 67.3 Å². The van der Waals surface area contributed by atoms with E-state index in [-0.39, 0.29) is 0 Å². The predicted octanol–water partition coefficient (Wildman–Crippen LogP) is 14.0. The van der Waals surface area contributed by atoms with Crippen molar-refractivity contribution in [3.8, 4) is 67.3 Å². The number of aromatic nitrogens is 3. The minimum absolute atomic E-state index is 0.645. The third kappa shape index (κ3) is 5.68. The van der Waals surface area contributed by atoms with Gasteiger partial charge in [-0.05, 0) is 71.6 Å². The molecule has 0 bridgehead atoms. The van der Waals surface area contributed by atoms with E-state index in [2.05, 4.69) is 133 Å². The molecular formula is C52H33N3O2. The Balaban J connectivity index is 1.15. The normalized spacial score (nSPS) is 11.6. The first-order valence-electron chi connectivity index (χ1n) is 19.1. The molecule has 5 heteroatoms. The number of hydrogen-bond acceptors (Lipinski definition) is 5. The minimum Gasteiger partial charge on any atom is -0.455 e. The van der Waals surface area contributed by atoms with Gasteiger partial charge in [0.1, 0.15) is 22.3 Å². The fraction of sp³-hybridized carbons (Fsp3) is 0.0192. The molecule has 0 amide bonds. The molecule has 0 spiro atoms. The van der Waals surface area contributed by atoms with E-state index in [0.717, 1.165) is 105 Å². The highest BCUT2D eigenvalue weighted by atomic mass is 16.3. The lowest BCUT2D eigenvalue weighted by molar-refractivity contribution is 0.670. The van der Waals surface area contributed by atoms with Crippen molar-refractivity contribution in [2.45, 2.75) is 6.92 Å². The fourth-order valence-corrected chi connectivity index (χ4v) is 8.08. The smallest absolute Gasteiger partial charge is 0.160 e. The van der Waals surface area contributed by atoms with E-state index >= 15 is 0 Å². The van der Waals surface area contributed by atoms with E-state index < -0.39 is 0 Å². The predicted molar refractivity (Wildman–Crippen MR) is 232 cm³/mol. The molecule has 57 heavy (non-hydrogen) atoms. The Hall–Kier alpha value is -7.63. The van der Waals surface area contributed by atoms with Gasteiger partial charge in [-0.3, -0.25) is 4.98 Å². The summed E-state index contributed by atoms with van der Waals surface area (Å²) < 4.78 is 13.2. The Morgan fingerprint density at radius 1 is 0.386 bits per heavy atom. The molecule has 4 aromatic heterocycles. The number of nitrogens with zero attached hydrogens (tertiary/aromatic N) is 3. The van der Waals surface area contributed by atoms with E-state index in [1.165, 1.54) is 5.56 Å². The van der Waals surface area contributed by atoms with Crippen LogP contribution < -0.4 is 0 Å². The zero-order valence-electron chi connectivity index (χ0n) is 31.0. The average Bonchev–Trinajstić information content (AvgIpc) is 3.85. The van der Waals surface area contributed by atoms with Gasteiger partial charge in [0.2, 0.25) is 0 Å². The second-order valence-electron chi connectivity index (χ2n) is 14.5. The van der Waals surface area contributed by atoms with Crippen molar-refractivity contribution in [1.29, 1.82) is 0 Å². The van der Waals surface area contributed by atoms with Crippen molar-refractivity contribution in [2.75, 3.05) is 0 Å². The van der Waals surface area contributed by atoms with Gasteiger partial charge < -0.3 is 8.83 Å². The average molecular weight is 732 g/mol. The summed E-state index contributed by atoms with van der Waals surface area (Å²) in [5, 5.41) is 4.34. The van der Waals surface area contributed by atoms with Gasteiger partial charge in [0.15, 0.2) is 5.82 Å². The molecule has 7 aromatic carbocycles. The molecule has 0 N–H and O–H groups in total. The second kappa shape index (κ2) is 13.3. The Morgan fingerprint density at radius 3 is 1.53 bits per heavy atom. The van der Waals surface area contributed by atoms with Gasteiger partial charge in [-0.25, -0.2) is 9.97 Å². The summed E-state index contributed by atoms with van der Waals surface area (Å²) in [4.78, 5) is 14.8. The first kappa shape index (κ1) is 32.8. The summed E-state index contributed by atoms with van der Waals surface area (Å²) in [5.74, 6) is 0.645. The van der Waals surface area contributed by atoms with Crippen LogP contribution in [-0.2, 0) is 0 Å². The highest BCUT2D eigenvalue weighted by Gasteiger charge is 2.19. The molecule has 0 radical (unpaired) electrons. The van der Waals surface area contributed by atoms with E-state index in [9.17, 15) is 0 Å². The van der Waals surface area contributed by atoms with Gasteiger partial charge in [-0.15, -0.1) is 0 Å². The maximum atomic E-state index is 6.59. The van der Waals surface area contributed by atoms with E-state index in [0.29, 0.717) is 5.82 Å². The molecule has 268 valence electrons. The van der Waals surface area contributed by atoms with Crippen LogP contribution in [0, 0.1) is 6.92 Å². The maximum Gasteiger partial charge on any atom is 0.160 e. The summed E-state index contributed by atoms with van der Waals surface area (Å²) in [6.07, 6.45) is 3.74. The molecule has 0 unspecified atom stereocenters. The van der Waals surface area contributed by atoms with E-state index in [4.69, 9.17) is 18.8 Å². The first-order chi connectivity index (χ1) is 28.1. The molecule has 0 aliphatic heterocycles. The molecular weight excluding hydrogens is 699 g/mol. The van der Waals surface area contributed by atoms with Crippen molar-refractivity contribution in [2.24, 2.45) is 0 Å². The number of rotatable bonds is 6. The summed E-state index contributed by atoms with van der Waals surface area (Å²) >= 11 is 0. The lowest BCUT2D eigenvalue weighted by Gasteiger charge is -2.14. The molecule has 0 aliphatic carbocycles. The number of aryl methyl sites for hydroxylation is 1. The number of hydrogen-bond donors (Lipinski definition) is 0. The summed E-state index contributed by atoms with van der Waals surface area (Å²) in [5.41, 5.74) is 15.4. The zero-order valence-corrected chi connectivity index (χ0v) is 31.0. The minimum atomic E-state index is 0.645. The molecule has 5 nitrogen and oxygen atoms in total. The number of para-hydroxylation sites is 4. The van der Waals surface area contributed by atoms with Gasteiger partial charge >= 0.3 is 0 Å². The molecule has 0 saturated carbocycles. The number of furan rings is 2. The zero-order chi connectivity index (χ0) is 37.9.